The zero-order chi connectivity index (χ0) is 13.8. The Balaban J connectivity index is 1.87. The average Bonchev–Trinajstić information content (AvgIpc) is 2.41. The number of aromatic nitrogens is 1. The van der Waals surface area contributed by atoms with Crippen molar-refractivity contribution in [2.45, 2.75) is 26.5 Å². The molecule has 1 fully saturated rings. The summed E-state index contributed by atoms with van der Waals surface area (Å²) >= 11 is 0. The molecule has 0 aliphatic carbocycles. The quantitative estimate of drug-likeness (QED) is 0.858. The van der Waals surface area contributed by atoms with Crippen molar-refractivity contribution in [3.05, 3.63) is 29.6 Å². The number of carbonyl (C=O) groups excluding carboxylic acids is 1. The molecule has 2 heterocycles. The summed E-state index contributed by atoms with van der Waals surface area (Å²) in [5.41, 5.74) is 2.29. The first kappa shape index (κ1) is 14.0. The first-order chi connectivity index (χ1) is 9.08. The predicted octanol–water partition coefficient (Wildman–Crippen LogP) is 0.415. The van der Waals surface area contributed by atoms with Crippen molar-refractivity contribution in [2.24, 2.45) is 0 Å². The highest BCUT2D eigenvalue weighted by molar-refractivity contribution is 5.80. The van der Waals surface area contributed by atoms with Crippen LogP contribution < -0.4 is 0 Å². The van der Waals surface area contributed by atoms with Gasteiger partial charge in [-0.1, -0.05) is 6.07 Å². The Morgan fingerprint density at radius 3 is 2.68 bits per heavy atom. The van der Waals surface area contributed by atoms with E-state index in [1.54, 1.807) is 4.90 Å². The molecule has 5 heteroatoms. The van der Waals surface area contributed by atoms with Crippen molar-refractivity contribution in [2.75, 3.05) is 26.2 Å². The molecule has 104 valence electrons. The Hall–Kier alpha value is -1.46. The standard InChI is InChI=1S/C14H21N3O2/c1-11-4-3-5-15-13(11)10-16-6-8-17(9-7-16)14(19)12(2)18/h3-5,12,18H,6-10H2,1-2H3. The van der Waals surface area contributed by atoms with E-state index in [2.05, 4.69) is 22.9 Å². The number of aliphatic hydroxyl groups excluding tert-OH is 1. The van der Waals surface area contributed by atoms with E-state index in [9.17, 15) is 9.90 Å². The molecule has 1 unspecified atom stereocenters. The minimum atomic E-state index is -0.899. The van der Waals surface area contributed by atoms with Gasteiger partial charge in [-0.2, -0.15) is 0 Å². The molecule has 1 atom stereocenters. The van der Waals surface area contributed by atoms with Gasteiger partial charge in [0.2, 0.25) is 0 Å². The number of aryl methyl sites for hydroxylation is 1. The van der Waals surface area contributed by atoms with Crippen LogP contribution in [0.15, 0.2) is 18.3 Å². The van der Waals surface area contributed by atoms with Gasteiger partial charge in [0.05, 0.1) is 5.69 Å². The van der Waals surface area contributed by atoms with Gasteiger partial charge in [0.15, 0.2) is 0 Å². The van der Waals surface area contributed by atoms with E-state index in [1.165, 1.54) is 12.5 Å². The fourth-order valence-electron chi connectivity index (χ4n) is 2.29. The van der Waals surface area contributed by atoms with Gasteiger partial charge in [0.1, 0.15) is 6.10 Å². The Kier molecular flexibility index (Phi) is 4.50. The lowest BCUT2D eigenvalue weighted by Crippen LogP contribution is -2.50. The summed E-state index contributed by atoms with van der Waals surface area (Å²) in [5, 5.41) is 9.30. The maximum absolute atomic E-state index is 11.7. The number of nitrogens with zero attached hydrogens (tertiary/aromatic N) is 3. The molecule has 1 amide bonds. The van der Waals surface area contributed by atoms with Gasteiger partial charge in [0, 0.05) is 38.9 Å². The van der Waals surface area contributed by atoms with Crippen LogP contribution in [-0.4, -0.2) is 58.1 Å². The molecule has 2 rings (SSSR count). The molecule has 0 bridgehead atoms. The van der Waals surface area contributed by atoms with Gasteiger partial charge in [-0.05, 0) is 25.5 Å². The topological polar surface area (TPSA) is 56.7 Å². The Labute approximate surface area is 113 Å². The van der Waals surface area contributed by atoms with E-state index in [4.69, 9.17) is 0 Å². The SMILES string of the molecule is Cc1cccnc1CN1CCN(C(=O)C(C)O)CC1. The Morgan fingerprint density at radius 1 is 1.42 bits per heavy atom. The molecule has 5 nitrogen and oxygen atoms in total. The van der Waals surface area contributed by atoms with Crippen LogP contribution in [0, 0.1) is 6.92 Å². The van der Waals surface area contributed by atoms with Crippen LogP contribution in [0.3, 0.4) is 0 Å². The van der Waals surface area contributed by atoms with Gasteiger partial charge in [-0.25, -0.2) is 0 Å². The number of rotatable bonds is 3. The molecule has 0 aromatic carbocycles. The van der Waals surface area contributed by atoms with E-state index >= 15 is 0 Å². The summed E-state index contributed by atoms with van der Waals surface area (Å²) in [6.07, 6.45) is 0.916. The number of piperazine rings is 1. The smallest absolute Gasteiger partial charge is 0.251 e. The highest BCUT2D eigenvalue weighted by Crippen LogP contribution is 2.10. The monoisotopic (exact) mass is 263 g/mol. The molecule has 1 N–H and O–H groups in total. The maximum Gasteiger partial charge on any atom is 0.251 e. The number of pyridine rings is 1. The van der Waals surface area contributed by atoms with E-state index in [-0.39, 0.29) is 5.91 Å². The van der Waals surface area contributed by atoms with Crippen LogP contribution in [0.2, 0.25) is 0 Å². The van der Waals surface area contributed by atoms with Gasteiger partial charge < -0.3 is 10.0 Å². The highest BCUT2D eigenvalue weighted by Gasteiger charge is 2.23. The van der Waals surface area contributed by atoms with Crippen molar-refractivity contribution in [1.82, 2.24) is 14.8 Å². The fraction of sp³-hybridized carbons (Fsp3) is 0.571. The lowest BCUT2D eigenvalue weighted by Gasteiger charge is -2.35. The lowest BCUT2D eigenvalue weighted by molar-refractivity contribution is -0.141. The summed E-state index contributed by atoms with van der Waals surface area (Å²) < 4.78 is 0. The average molecular weight is 263 g/mol. The zero-order valence-electron chi connectivity index (χ0n) is 11.5. The summed E-state index contributed by atoms with van der Waals surface area (Å²) in [7, 11) is 0. The fourth-order valence-corrected chi connectivity index (χ4v) is 2.29. The normalized spacial score (nSPS) is 18.4. The number of amides is 1. The van der Waals surface area contributed by atoms with Crippen molar-refractivity contribution >= 4 is 5.91 Å². The molecule has 1 aromatic heterocycles. The van der Waals surface area contributed by atoms with Crippen LogP contribution in [0.4, 0.5) is 0 Å². The highest BCUT2D eigenvalue weighted by atomic mass is 16.3. The molecule has 19 heavy (non-hydrogen) atoms. The third-order valence-corrected chi connectivity index (χ3v) is 3.53. The minimum absolute atomic E-state index is 0.173. The lowest BCUT2D eigenvalue weighted by atomic mass is 10.2. The van der Waals surface area contributed by atoms with Crippen molar-refractivity contribution in [1.29, 1.82) is 0 Å². The molecule has 0 spiro atoms. The Bertz CT molecular complexity index is 440. The molecular formula is C14H21N3O2. The number of carbonyl (C=O) groups is 1. The van der Waals surface area contributed by atoms with Crippen molar-refractivity contribution in [3.8, 4) is 0 Å². The number of hydrogen-bond acceptors (Lipinski definition) is 4. The molecule has 1 saturated heterocycles. The van der Waals surface area contributed by atoms with Gasteiger partial charge >= 0.3 is 0 Å². The predicted molar refractivity (Wildman–Crippen MR) is 72.5 cm³/mol. The van der Waals surface area contributed by atoms with Crippen LogP contribution in [-0.2, 0) is 11.3 Å². The third-order valence-electron chi connectivity index (χ3n) is 3.53. The van der Waals surface area contributed by atoms with E-state index < -0.39 is 6.10 Å². The summed E-state index contributed by atoms with van der Waals surface area (Å²) in [6.45, 7) is 7.42. The molecule has 1 aliphatic rings. The van der Waals surface area contributed by atoms with Gasteiger partial charge in [0.25, 0.3) is 5.91 Å². The van der Waals surface area contributed by atoms with Crippen molar-refractivity contribution < 1.29 is 9.90 Å². The molecule has 0 saturated carbocycles. The molecule has 1 aliphatic heterocycles. The van der Waals surface area contributed by atoms with E-state index in [1.807, 2.05) is 12.3 Å². The minimum Gasteiger partial charge on any atom is -0.384 e. The zero-order valence-corrected chi connectivity index (χ0v) is 11.5. The largest absolute Gasteiger partial charge is 0.384 e. The van der Waals surface area contributed by atoms with Crippen LogP contribution >= 0.6 is 0 Å². The second-order valence-corrected chi connectivity index (χ2v) is 5.04. The second kappa shape index (κ2) is 6.12. The molecule has 0 radical (unpaired) electrons. The summed E-state index contributed by atoms with van der Waals surface area (Å²) in [6, 6.07) is 4.01. The van der Waals surface area contributed by atoms with Crippen LogP contribution in [0.1, 0.15) is 18.2 Å². The summed E-state index contributed by atoms with van der Waals surface area (Å²) in [5.74, 6) is -0.173. The molecular weight excluding hydrogens is 242 g/mol. The van der Waals surface area contributed by atoms with Crippen LogP contribution in [0.5, 0.6) is 0 Å². The summed E-state index contributed by atoms with van der Waals surface area (Å²) in [4.78, 5) is 20.1. The Morgan fingerprint density at radius 2 is 2.11 bits per heavy atom. The number of hydrogen-bond donors (Lipinski definition) is 1. The van der Waals surface area contributed by atoms with Crippen molar-refractivity contribution in [3.63, 3.8) is 0 Å². The first-order valence-corrected chi connectivity index (χ1v) is 6.67. The molecule has 1 aromatic rings. The second-order valence-electron chi connectivity index (χ2n) is 5.04. The van der Waals surface area contributed by atoms with E-state index in [0.717, 1.165) is 25.3 Å². The van der Waals surface area contributed by atoms with Gasteiger partial charge in [-0.3, -0.25) is 14.7 Å². The third kappa shape index (κ3) is 3.52. The van der Waals surface area contributed by atoms with E-state index in [0.29, 0.717) is 13.1 Å². The number of aliphatic hydroxyl groups is 1. The van der Waals surface area contributed by atoms with Gasteiger partial charge in [-0.15, -0.1) is 0 Å². The van der Waals surface area contributed by atoms with Crippen LogP contribution in [0.25, 0.3) is 0 Å². The first-order valence-electron chi connectivity index (χ1n) is 6.67. The maximum atomic E-state index is 11.7.